The number of aromatic nitrogens is 4. The van der Waals surface area contributed by atoms with Gasteiger partial charge in [0.1, 0.15) is 6.54 Å². The van der Waals surface area contributed by atoms with Crippen LogP contribution in [0, 0.1) is 0 Å². The number of hydrogen-bond donors (Lipinski definition) is 1. The molecule has 0 unspecified atom stereocenters. The zero-order chi connectivity index (χ0) is 11.8. The van der Waals surface area contributed by atoms with Crippen LogP contribution >= 0.6 is 11.8 Å². The molecule has 1 aromatic rings. The number of rotatable bonds is 8. The quantitative estimate of drug-likeness (QED) is 0.520. The van der Waals surface area contributed by atoms with Crippen LogP contribution in [0.25, 0.3) is 0 Å². The monoisotopic (exact) mass is 246 g/mol. The Labute approximate surface area is 97.2 Å². The molecule has 1 N–H and O–H groups in total. The van der Waals surface area contributed by atoms with Gasteiger partial charge in [-0.3, -0.25) is 4.79 Å². The average Bonchev–Trinajstić information content (AvgIpc) is 2.64. The van der Waals surface area contributed by atoms with E-state index in [0.29, 0.717) is 17.5 Å². The van der Waals surface area contributed by atoms with E-state index in [1.807, 2.05) is 6.92 Å². The van der Waals surface area contributed by atoms with Crippen LogP contribution in [0.5, 0.6) is 0 Å². The second-order valence-corrected chi connectivity index (χ2v) is 4.04. The van der Waals surface area contributed by atoms with Gasteiger partial charge in [-0.15, -0.1) is 5.10 Å². The standard InChI is InChI=1S/C8H14N4O3S/c1-2-3-15-4-5-16-8-9-10-11-12(8)6-7(13)14/h2-6H2,1H3,(H,13,14). The summed E-state index contributed by atoms with van der Waals surface area (Å²) in [6.45, 7) is 3.17. The number of hydrogen-bond acceptors (Lipinski definition) is 6. The van der Waals surface area contributed by atoms with E-state index < -0.39 is 5.97 Å². The number of carboxylic acids is 1. The third-order valence-corrected chi connectivity index (χ3v) is 2.51. The van der Waals surface area contributed by atoms with Crippen LogP contribution in [0.1, 0.15) is 13.3 Å². The molecule has 1 rings (SSSR count). The summed E-state index contributed by atoms with van der Waals surface area (Å²) in [6.07, 6.45) is 0.988. The molecule has 16 heavy (non-hydrogen) atoms. The molecule has 0 saturated carbocycles. The van der Waals surface area contributed by atoms with Gasteiger partial charge < -0.3 is 9.84 Å². The van der Waals surface area contributed by atoms with E-state index in [1.54, 1.807) is 0 Å². The Kier molecular flexibility index (Phi) is 5.79. The first-order valence-corrected chi connectivity index (χ1v) is 5.91. The van der Waals surface area contributed by atoms with Crippen molar-refractivity contribution in [1.82, 2.24) is 20.2 Å². The minimum atomic E-state index is -0.962. The lowest BCUT2D eigenvalue weighted by molar-refractivity contribution is -0.138. The van der Waals surface area contributed by atoms with Crippen LogP contribution in [0.4, 0.5) is 0 Å². The van der Waals surface area contributed by atoms with Gasteiger partial charge in [0.15, 0.2) is 0 Å². The zero-order valence-corrected chi connectivity index (χ0v) is 9.81. The summed E-state index contributed by atoms with van der Waals surface area (Å²) in [5.41, 5.74) is 0. The normalized spacial score (nSPS) is 10.6. The van der Waals surface area contributed by atoms with Crippen LogP contribution in [0.3, 0.4) is 0 Å². The Morgan fingerprint density at radius 2 is 2.38 bits per heavy atom. The maximum absolute atomic E-state index is 10.5. The fourth-order valence-electron chi connectivity index (χ4n) is 0.965. The van der Waals surface area contributed by atoms with E-state index in [2.05, 4.69) is 15.5 Å². The van der Waals surface area contributed by atoms with Gasteiger partial charge in [-0.25, -0.2) is 4.68 Å². The predicted molar refractivity (Wildman–Crippen MR) is 57.3 cm³/mol. The van der Waals surface area contributed by atoms with Gasteiger partial charge in [0.05, 0.1) is 6.61 Å². The second-order valence-electron chi connectivity index (χ2n) is 2.97. The Morgan fingerprint density at radius 1 is 1.56 bits per heavy atom. The Hall–Kier alpha value is -1.15. The first-order valence-electron chi connectivity index (χ1n) is 4.92. The lowest BCUT2D eigenvalue weighted by Gasteiger charge is -2.02. The Morgan fingerprint density at radius 3 is 3.06 bits per heavy atom. The highest BCUT2D eigenvalue weighted by Crippen LogP contribution is 2.12. The third kappa shape index (κ3) is 4.58. The predicted octanol–water partition coefficient (Wildman–Crippen LogP) is 0.276. The molecule has 1 aromatic heterocycles. The van der Waals surface area contributed by atoms with Crippen LogP contribution in [0.2, 0.25) is 0 Å². The molecule has 0 radical (unpaired) electrons. The highest BCUT2D eigenvalue weighted by Gasteiger charge is 2.09. The fourth-order valence-corrected chi connectivity index (χ4v) is 1.69. The number of tetrazole rings is 1. The topological polar surface area (TPSA) is 90.1 Å². The smallest absolute Gasteiger partial charge is 0.325 e. The van der Waals surface area contributed by atoms with Crippen molar-refractivity contribution in [3.63, 3.8) is 0 Å². The van der Waals surface area contributed by atoms with Gasteiger partial charge in [-0.2, -0.15) is 0 Å². The van der Waals surface area contributed by atoms with E-state index in [4.69, 9.17) is 9.84 Å². The van der Waals surface area contributed by atoms with Crippen molar-refractivity contribution in [2.45, 2.75) is 25.0 Å². The third-order valence-electron chi connectivity index (χ3n) is 1.59. The lowest BCUT2D eigenvalue weighted by Crippen LogP contribution is -2.11. The van der Waals surface area contributed by atoms with Crippen molar-refractivity contribution in [2.75, 3.05) is 19.0 Å². The lowest BCUT2D eigenvalue weighted by atomic mass is 10.5. The Bertz CT molecular complexity index is 331. The van der Waals surface area contributed by atoms with Gasteiger partial charge in [0, 0.05) is 12.4 Å². The van der Waals surface area contributed by atoms with Crippen molar-refractivity contribution in [1.29, 1.82) is 0 Å². The van der Waals surface area contributed by atoms with E-state index in [-0.39, 0.29) is 6.54 Å². The van der Waals surface area contributed by atoms with Gasteiger partial charge >= 0.3 is 5.97 Å². The molecule has 0 saturated heterocycles. The highest BCUT2D eigenvalue weighted by molar-refractivity contribution is 7.99. The molecule has 0 aliphatic carbocycles. The molecule has 0 amide bonds. The van der Waals surface area contributed by atoms with Crippen LogP contribution in [0.15, 0.2) is 5.16 Å². The van der Waals surface area contributed by atoms with Crippen molar-refractivity contribution in [3.8, 4) is 0 Å². The minimum Gasteiger partial charge on any atom is -0.480 e. The molecule has 0 aromatic carbocycles. The summed E-state index contributed by atoms with van der Waals surface area (Å²) in [5.74, 6) is -0.253. The number of aliphatic carboxylic acids is 1. The molecule has 8 heteroatoms. The molecule has 7 nitrogen and oxygen atoms in total. The molecular formula is C8H14N4O3S. The zero-order valence-electron chi connectivity index (χ0n) is 9.00. The molecule has 0 fully saturated rings. The van der Waals surface area contributed by atoms with Crippen LogP contribution in [-0.2, 0) is 16.1 Å². The molecular weight excluding hydrogens is 232 g/mol. The van der Waals surface area contributed by atoms with Crippen molar-refractivity contribution >= 4 is 17.7 Å². The number of carboxylic acid groups (broad SMARTS) is 1. The van der Waals surface area contributed by atoms with Crippen molar-refractivity contribution in [2.24, 2.45) is 0 Å². The average molecular weight is 246 g/mol. The second kappa shape index (κ2) is 7.18. The molecule has 0 aliphatic rings. The largest absolute Gasteiger partial charge is 0.480 e. The van der Waals surface area contributed by atoms with Gasteiger partial charge in [-0.1, -0.05) is 18.7 Å². The van der Waals surface area contributed by atoms with Crippen LogP contribution < -0.4 is 0 Å². The van der Waals surface area contributed by atoms with Gasteiger partial charge in [0.2, 0.25) is 5.16 Å². The van der Waals surface area contributed by atoms with Crippen molar-refractivity contribution in [3.05, 3.63) is 0 Å². The number of nitrogens with zero attached hydrogens (tertiary/aromatic N) is 4. The fraction of sp³-hybridized carbons (Fsp3) is 0.750. The van der Waals surface area contributed by atoms with E-state index in [0.717, 1.165) is 13.0 Å². The molecule has 90 valence electrons. The number of thioether (sulfide) groups is 1. The van der Waals surface area contributed by atoms with E-state index in [9.17, 15) is 4.79 Å². The minimum absolute atomic E-state index is 0.217. The molecule has 0 spiro atoms. The first kappa shape index (κ1) is 12.9. The summed E-state index contributed by atoms with van der Waals surface area (Å²) in [7, 11) is 0. The summed E-state index contributed by atoms with van der Waals surface area (Å²) in [5, 5.41) is 19.8. The van der Waals surface area contributed by atoms with Gasteiger partial charge in [0.25, 0.3) is 0 Å². The molecule has 0 aliphatic heterocycles. The highest BCUT2D eigenvalue weighted by atomic mass is 32.2. The number of ether oxygens (including phenoxy) is 1. The van der Waals surface area contributed by atoms with E-state index in [1.165, 1.54) is 16.4 Å². The maximum atomic E-state index is 10.5. The SMILES string of the molecule is CCCOCCSc1nnnn1CC(=O)O. The van der Waals surface area contributed by atoms with E-state index >= 15 is 0 Å². The van der Waals surface area contributed by atoms with Gasteiger partial charge in [-0.05, 0) is 16.8 Å². The molecule has 0 atom stereocenters. The molecule has 0 bridgehead atoms. The summed E-state index contributed by atoms with van der Waals surface area (Å²) >= 11 is 1.38. The Balaban J connectivity index is 2.30. The summed E-state index contributed by atoms with van der Waals surface area (Å²) in [6, 6.07) is 0. The number of carbonyl (C=O) groups is 1. The van der Waals surface area contributed by atoms with Crippen molar-refractivity contribution < 1.29 is 14.6 Å². The molecule has 1 heterocycles. The summed E-state index contributed by atoms with van der Waals surface area (Å²) in [4.78, 5) is 10.5. The first-order chi connectivity index (χ1) is 7.74. The maximum Gasteiger partial charge on any atom is 0.325 e. The van der Waals surface area contributed by atoms with Crippen LogP contribution in [-0.4, -0.2) is 50.2 Å². The summed E-state index contributed by atoms with van der Waals surface area (Å²) < 4.78 is 6.54.